The van der Waals surface area contributed by atoms with Gasteiger partial charge in [0.1, 0.15) is 0 Å². The van der Waals surface area contributed by atoms with Crippen molar-refractivity contribution in [1.82, 2.24) is 0 Å². The fourth-order valence-electron chi connectivity index (χ4n) is 2.00. The van der Waals surface area contributed by atoms with Crippen LogP contribution >= 0.6 is 0 Å². The van der Waals surface area contributed by atoms with Gasteiger partial charge in [-0.1, -0.05) is 36.8 Å². The Bertz CT molecular complexity index is 365. The molecule has 0 aromatic heterocycles. The van der Waals surface area contributed by atoms with Gasteiger partial charge in [0.25, 0.3) is 0 Å². The first-order valence-corrected chi connectivity index (χ1v) is 5.22. The zero-order valence-electron chi connectivity index (χ0n) is 9.04. The van der Waals surface area contributed by atoms with E-state index in [1.807, 2.05) is 0 Å². The van der Waals surface area contributed by atoms with E-state index in [0.717, 1.165) is 0 Å². The van der Waals surface area contributed by atoms with E-state index in [-0.39, 0.29) is 0 Å². The molecule has 1 aliphatic heterocycles. The Labute approximate surface area is 85.8 Å². The lowest BCUT2D eigenvalue weighted by Crippen LogP contribution is -2.15. The summed E-state index contributed by atoms with van der Waals surface area (Å²) in [7, 11) is 0. The van der Waals surface area contributed by atoms with Crippen molar-refractivity contribution in [3.63, 3.8) is 0 Å². The summed E-state index contributed by atoms with van der Waals surface area (Å²) in [5.74, 6) is 0.517. The SMILES string of the molecule is CC1=CC(C)c2ccccc2NC1C. The van der Waals surface area contributed by atoms with Crippen LogP contribution in [0.3, 0.4) is 0 Å². The fourth-order valence-corrected chi connectivity index (χ4v) is 2.00. The van der Waals surface area contributed by atoms with E-state index in [1.54, 1.807) is 0 Å². The summed E-state index contributed by atoms with van der Waals surface area (Å²) >= 11 is 0. The Morgan fingerprint density at radius 1 is 1.14 bits per heavy atom. The highest BCUT2D eigenvalue weighted by molar-refractivity contribution is 5.57. The summed E-state index contributed by atoms with van der Waals surface area (Å²) < 4.78 is 0. The van der Waals surface area contributed by atoms with Gasteiger partial charge in [0.15, 0.2) is 0 Å². The van der Waals surface area contributed by atoms with Crippen LogP contribution in [0.5, 0.6) is 0 Å². The smallest absolute Gasteiger partial charge is 0.0443 e. The van der Waals surface area contributed by atoms with Crippen molar-refractivity contribution in [1.29, 1.82) is 0 Å². The first kappa shape index (κ1) is 9.32. The molecule has 0 bridgehead atoms. The van der Waals surface area contributed by atoms with Gasteiger partial charge in [-0.15, -0.1) is 0 Å². The number of anilines is 1. The molecule has 0 radical (unpaired) electrons. The summed E-state index contributed by atoms with van der Waals surface area (Å²) in [4.78, 5) is 0. The van der Waals surface area contributed by atoms with E-state index in [9.17, 15) is 0 Å². The monoisotopic (exact) mass is 187 g/mol. The number of fused-ring (bicyclic) bond motifs is 1. The fraction of sp³-hybridized carbons (Fsp3) is 0.385. The highest BCUT2D eigenvalue weighted by Gasteiger charge is 2.15. The van der Waals surface area contributed by atoms with Crippen LogP contribution in [0.2, 0.25) is 0 Å². The third-order valence-corrected chi connectivity index (χ3v) is 3.02. The van der Waals surface area contributed by atoms with Crippen LogP contribution in [0, 0.1) is 0 Å². The molecule has 1 heterocycles. The van der Waals surface area contributed by atoms with Gasteiger partial charge in [-0.2, -0.15) is 0 Å². The standard InChI is InChI=1S/C13H17N/c1-9-8-10(2)12-6-4-5-7-13(12)14-11(9)3/h4-8,10-11,14H,1-3H3. The van der Waals surface area contributed by atoms with Gasteiger partial charge in [0.05, 0.1) is 0 Å². The average Bonchev–Trinajstić information content (AvgIpc) is 2.27. The van der Waals surface area contributed by atoms with Crippen LogP contribution < -0.4 is 5.32 Å². The molecule has 2 unspecified atom stereocenters. The van der Waals surface area contributed by atoms with E-state index in [2.05, 4.69) is 56.4 Å². The number of allylic oxidation sites excluding steroid dienone is 1. The number of hydrogen-bond donors (Lipinski definition) is 1. The second kappa shape index (κ2) is 3.49. The molecule has 0 spiro atoms. The molecule has 1 nitrogen and oxygen atoms in total. The van der Waals surface area contributed by atoms with Gasteiger partial charge in [-0.05, 0) is 25.5 Å². The van der Waals surface area contributed by atoms with Crippen LogP contribution in [0.25, 0.3) is 0 Å². The molecule has 0 saturated carbocycles. The largest absolute Gasteiger partial charge is 0.379 e. The van der Waals surface area contributed by atoms with Gasteiger partial charge >= 0.3 is 0 Å². The van der Waals surface area contributed by atoms with E-state index in [0.29, 0.717) is 12.0 Å². The van der Waals surface area contributed by atoms with E-state index in [4.69, 9.17) is 0 Å². The van der Waals surface area contributed by atoms with Crippen LogP contribution in [-0.4, -0.2) is 6.04 Å². The highest BCUT2D eigenvalue weighted by atomic mass is 14.9. The maximum atomic E-state index is 3.53. The Kier molecular flexibility index (Phi) is 2.32. The number of hydrogen-bond acceptors (Lipinski definition) is 1. The van der Waals surface area contributed by atoms with Crippen molar-refractivity contribution in [2.24, 2.45) is 0 Å². The van der Waals surface area contributed by atoms with E-state index in [1.165, 1.54) is 16.8 Å². The topological polar surface area (TPSA) is 12.0 Å². The van der Waals surface area contributed by atoms with Crippen LogP contribution in [0.15, 0.2) is 35.9 Å². The molecule has 1 N–H and O–H groups in total. The first-order valence-electron chi connectivity index (χ1n) is 5.22. The molecular formula is C13H17N. The third-order valence-electron chi connectivity index (χ3n) is 3.02. The molecule has 14 heavy (non-hydrogen) atoms. The van der Waals surface area contributed by atoms with Crippen molar-refractivity contribution in [3.8, 4) is 0 Å². The predicted molar refractivity (Wildman–Crippen MR) is 61.7 cm³/mol. The lowest BCUT2D eigenvalue weighted by atomic mass is 9.98. The molecule has 0 amide bonds. The number of nitrogens with one attached hydrogen (secondary N) is 1. The average molecular weight is 187 g/mol. The highest BCUT2D eigenvalue weighted by Crippen LogP contribution is 2.30. The molecule has 0 aliphatic carbocycles. The molecule has 1 aliphatic rings. The summed E-state index contributed by atoms with van der Waals surface area (Å²) in [6, 6.07) is 9.01. The van der Waals surface area contributed by atoms with Crippen LogP contribution in [-0.2, 0) is 0 Å². The van der Waals surface area contributed by atoms with Crippen molar-refractivity contribution >= 4 is 5.69 Å². The number of rotatable bonds is 0. The minimum Gasteiger partial charge on any atom is -0.379 e. The second-order valence-corrected chi connectivity index (χ2v) is 4.15. The summed E-state index contributed by atoms with van der Waals surface area (Å²) in [5.41, 5.74) is 4.10. The zero-order valence-corrected chi connectivity index (χ0v) is 9.04. The molecular weight excluding hydrogens is 170 g/mol. The Morgan fingerprint density at radius 3 is 2.64 bits per heavy atom. The van der Waals surface area contributed by atoms with Crippen LogP contribution in [0.1, 0.15) is 32.3 Å². The molecule has 0 fully saturated rings. The van der Waals surface area contributed by atoms with Gasteiger partial charge in [0, 0.05) is 17.6 Å². The Morgan fingerprint density at radius 2 is 1.86 bits per heavy atom. The van der Waals surface area contributed by atoms with Crippen LogP contribution in [0.4, 0.5) is 5.69 Å². The van der Waals surface area contributed by atoms with Crippen molar-refractivity contribution < 1.29 is 0 Å². The quantitative estimate of drug-likeness (QED) is 0.612. The molecule has 74 valence electrons. The maximum Gasteiger partial charge on any atom is 0.0443 e. The number of benzene rings is 1. The minimum absolute atomic E-state index is 0.445. The van der Waals surface area contributed by atoms with E-state index < -0.39 is 0 Å². The molecule has 0 saturated heterocycles. The van der Waals surface area contributed by atoms with E-state index >= 15 is 0 Å². The maximum absolute atomic E-state index is 3.53. The lowest BCUT2D eigenvalue weighted by molar-refractivity contribution is 0.912. The predicted octanol–water partition coefficient (Wildman–Crippen LogP) is 3.55. The molecule has 1 heteroatoms. The Hall–Kier alpha value is -1.24. The second-order valence-electron chi connectivity index (χ2n) is 4.15. The molecule has 2 atom stereocenters. The van der Waals surface area contributed by atoms with Crippen molar-refractivity contribution in [3.05, 3.63) is 41.5 Å². The third kappa shape index (κ3) is 1.54. The zero-order chi connectivity index (χ0) is 10.1. The molecule has 2 rings (SSSR count). The summed E-state index contributed by atoms with van der Waals surface area (Å²) in [6.45, 7) is 6.66. The first-order chi connectivity index (χ1) is 6.68. The lowest BCUT2D eigenvalue weighted by Gasteiger charge is -2.15. The molecule has 1 aromatic carbocycles. The summed E-state index contributed by atoms with van der Waals surface area (Å²) in [5, 5.41) is 3.53. The van der Waals surface area contributed by atoms with Crippen molar-refractivity contribution in [2.75, 3.05) is 5.32 Å². The summed E-state index contributed by atoms with van der Waals surface area (Å²) in [6.07, 6.45) is 2.35. The van der Waals surface area contributed by atoms with Gasteiger partial charge in [-0.25, -0.2) is 0 Å². The molecule has 1 aromatic rings. The van der Waals surface area contributed by atoms with Crippen molar-refractivity contribution in [2.45, 2.75) is 32.7 Å². The van der Waals surface area contributed by atoms with Gasteiger partial charge in [0.2, 0.25) is 0 Å². The number of para-hydroxylation sites is 1. The normalized spacial score (nSPS) is 25.8. The Balaban J connectivity index is 2.47. The minimum atomic E-state index is 0.445. The van der Waals surface area contributed by atoms with Gasteiger partial charge in [-0.3, -0.25) is 0 Å². The van der Waals surface area contributed by atoms with Gasteiger partial charge < -0.3 is 5.32 Å².